The zero-order chi connectivity index (χ0) is 23.3. The first-order valence-electron chi connectivity index (χ1n) is 10.8. The van der Waals surface area contributed by atoms with Crippen LogP contribution in [0.25, 0.3) is 0 Å². The zero-order valence-electron chi connectivity index (χ0n) is 18.6. The lowest BCUT2D eigenvalue weighted by Gasteiger charge is -2.30. The zero-order valence-corrected chi connectivity index (χ0v) is 19.5. The van der Waals surface area contributed by atoms with Crippen molar-refractivity contribution in [2.45, 2.75) is 46.1 Å². The smallest absolute Gasteiger partial charge is 0.254 e. The summed E-state index contributed by atoms with van der Waals surface area (Å²) in [5, 5.41) is 4.87. The number of rotatable bonds is 7. The third kappa shape index (κ3) is 6.35. The number of carbonyl (C=O) groups excluding carboxylic acids is 3. The summed E-state index contributed by atoms with van der Waals surface area (Å²) in [5.41, 5.74) is 0.937. The van der Waals surface area contributed by atoms with Gasteiger partial charge >= 0.3 is 0 Å². The van der Waals surface area contributed by atoms with Crippen molar-refractivity contribution in [3.8, 4) is 0 Å². The van der Waals surface area contributed by atoms with E-state index < -0.39 is 5.82 Å². The molecule has 0 radical (unpaired) electrons. The minimum atomic E-state index is -0.428. The molecule has 1 fully saturated rings. The van der Waals surface area contributed by atoms with Crippen LogP contribution in [0.1, 0.15) is 49.7 Å². The van der Waals surface area contributed by atoms with Crippen LogP contribution in [0.5, 0.6) is 0 Å². The molecule has 172 valence electrons. The predicted molar refractivity (Wildman–Crippen MR) is 122 cm³/mol. The Kier molecular flexibility index (Phi) is 7.95. The van der Waals surface area contributed by atoms with Crippen molar-refractivity contribution < 1.29 is 18.8 Å². The summed E-state index contributed by atoms with van der Waals surface area (Å²) in [6, 6.07) is 5.01. The van der Waals surface area contributed by atoms with E-state index >= 15 is 0 Å². The highest BCUT2D eigenvalue weighted by atomic mass is 32.1. The lowest BCUT2D eigenvalue weighted by molar-refractivity contribution is -0.131. The van der Waals surface area contributed by atoms with Crippen LogP contribution in [0.3, 0.4) is 0 Å². The minimum Gasteiger partial charge on any atom is -0.342 e. The molecule has 0 atom stereocenters. The third-order valence-corrected chi connectivity index (χ3v) is 6.36. The second-order valence-electron chi connectivity index (χ2n) is 8.47. The van der Waals surface area contributed by atoms with E-state index in [2.05, 4.69) is 17.2 Å². The molecular formula is C23H29FN4O3S. The van der Waals surface area contributed by atoms with Crippen LogP contribution in [0, 0.1) is 11.7 Å². The number of nitrogens with one attached hydrogen (secondary N) is 1. The highest BCUT2D eigenvalue weighted by Gasteiger charge is 2.23. The number of aromatic nitrogens is 1. The maximum atomic E-state index is 13.1. The number of amides is 3. The van der Waals surface area contributed by atoms with Gasteiger partial charge < -0.3 is 15.1 Å². The van der Waals surface area contributed by atoms with Gasteiger partial charge in [0.15, 0.2) is 5.13 Å². The van der Waals surface area contributed by atoms with Gasteiger partial charge in [-0.2, -0.15) is 0 Å². The van der Waals surface area contributed by atoms with Crippen molar-refractivity contribution >= 4 is 34.2 Å². The second kappa shape index (κ2) is 10.7. The Balaban J connectivity index is 1.55. The number of likely N-dealkylation sites (tertiary alicyclic amines) is 1. The molecule has 0 aliphatic carbocycles. The lowest BCUT2D eigenvalue weighted by Crippen LogP contribution is -2.42. The third-order valence-electron chi connectivity index (χ3n) is 5.56. The molecule has 0 unspecified atom stereocenters. The molecule has 1 aromatic carbocycles. The first-order chi connectivity index (χ1) is 15.2. The van der Waals surface area contributed by atoms with Gasteiger partial charge in [0.05, 0.1) is 12.1 Å². The van der Waals surface area contributed by atoms with Crippen LogP contribution in [-0.4, -0.2) is 58.2 Å². The van der Waals surface area contributed by atoms with Crippen molar-refractivity contribution in [3.05, 3.63) is 46.7 Å². The van der Waals surface area contributed by atoms with E-state index in [1.165, 1.54) is 40.5 Å². The number of anilines is 1. The number of hydrogen-bond acceptors (Lipinski definition) is 5. The lowest BCUT2D eigenvalue weighted by atomic mass is 9.99. The van der Waals surface area contributed by atoms with Crippen molar-refractivity contribution in [1.82, 2.24) is 14.8 Å². The molecule has 3 amide bonds. The summed E-state index contributed by atoms with van der Waals surface area (Å²) in [6.07, 6.45) is 2.25. The molecule has 2 aromatic rings. The molecule has 9 heteroatoms. The van der Waals surface area contributed by atoms with Crippen LogP contribution in [0.2, 0.25) is 0 Å². The van der Waals surface area contributed by atoms with Crippen molar-refractivity contribution in [2.75, 3.05) is 25.0 Å². The van der Waals surface area contributed by atoms with Gasteiger partial charge in [0.25, 0.3) is 5.91 Å². The van der Waals surface area contributed by atoms with Crippen molar-refractivity contribution in [3.63, 3.8) is 0 Å². The first-order valence-corrected chi connectivity index (χ1v) is 11.7. The summed E-state index contributed by atoms with van der Waals surface area (Å²) in [6.45, 7) is 7.21. The van der Waals surface area contributed by atoms with E-state index in [1.54, 1.807) is 5.38 Å². The molecule has 1 aliphatic rings. The number of piperidine rings is 1. The molecule has 1 aliphatic heterocycles. The van der Waals surface area contributed by atoms with Gasteiger partial charge in [-0.25, -0.2) is 9.37 Å². The topological polar surface area (TPSA) is 82.6 Å². The Morgan fingerprint density at radius 1 is 1.22 bits per heavy atom. The van der Waals surface area contributed by atoms with Gasteiger partial charge in [-0.3, -0.25) is 14.4 Å². The molecule has 32 heavy (non-hydrogen) atoms. The standard InChI is InChI=1S/C23H29FN4O3S/c1-15(2)28(22(31)17-4-6-18(24)7-5-17)13-20(29)26-23-25-19(14-32-23)12-21(30)27-10-8-16(3)9-11-27/h4-7,14-16H,8-13H2,1-3H3,(H,25,26,29). The highest BCUT2D eigenvalue weighted by Crippen LogP contribution is 2.20. The molecule has 0 saturated carbocycles. The van der Waals surface area contributed by atoms with Crippen molar-refractivity contribution in [1.29, 1.82) is 0 Å². The van der Waals surface area contributed by atoms with Crippen LogP contribution >= 0.6 is 11.3 Å². The number of nitrogens with zero attached hydrogens (tertiary/aromatic N) is 3. The Bertz CT molecular complexity index is 952. The Hall–Kier alpha value is -2.81. The number of hydrogen-bond donors (Lipinski definition) is 1. The molecule has 0 bridgehead atoms. The average molecular weight is 461 g/mol. The van der Waals surface area contributed by atoms with Crippen LogP contribution in [-0.2, 0) is 16.0 Å². The summed E-state index contributed by atoms with van der Waals surface area (Å²) < 4.78 is 13.1. The van der Waals surface area contributed by atoms with E-state index in [0.717, 1.165) is 25.9 Å². The van der Waals surface area contributed by atoms with Gasteiger partial charge in [-0.1, -0.05) is 6.92 Å². The Labute approximate surface area is 191 Å². The molecule has 2 heterocycles. The molecular weight excluding hydrogens is 431 g/mol. The monoisotopic (exact) mass is 460 g/mol. The minimum absolute atomic E-state index is 0.0518. The normalized spacial score (nSPS) is 14.5. The van der Waals surface area contributed by atoms with Crippen LogP contribution in [0.4, 0.5) is 9.52 Å². The van der Waals surface area contributed by atoms with Crippen molar-refractivity contribution in [2.24, 2.45) is 5.92 Å². The largest absolute Gasteiger partial charge is 0.342 e. The number of halogens is 1. The maximum Gasteiger partial charge on any atom is 0.254 e. The van der Waals surface area contributed by atoms with Gasteiger partial charge in [0.1, 0.15) is 12.4 Å². The van der Waals surface area contributed by atoms with Gasteiger partial charge in [-0.15, -0.1) is 11.3 Å². The van der Waals surface area contributed by atoms with Gasteiger partial charge in [0, 0.05) is 30.1 Å². The fraction of sp³-hybridized carbons (Fsp3) is 0.478. The SMILES string of the molecule is CC1CCN(C(=O)Cc2csc(NC(=O)CN(C(=O)c3ccc(F)cc3)C(C)C)n2)CC1. The first kappa shape index (κ1) is 23.8. The van der Waals surface area contributed by atoms with Crippen LogP contribution in [0.15, 0.2) is 29.6 Å². The van der Waals surface area contributed by atoms with Gasteiger partial charge in [-0.05, 0) is 56.9 Å². The second-order valence-corrected chi connectivity index (χ2v) is 9.32. The number of carbonyl (C=O) groups is 3. The van der Waals surface area contributed by atoms with E-state index in [9.17, 15) is 18.8 Å². The van der Waals surface area contributed by atoms with E-state index in [4.69, 9.17) is 0 Å². The van der Waals surface area contributed by atoms with E-state index in [0.29, 0.717) is 22.3 Å². The predicted octanol–water partition coefficient (Wildman–Crippen LogP) is 3.57. The number of benzene rings is 1. The molecule has 1 N–H and O–H groups in total. The number of thiazole rings is 1. The maximum absolute atomic E-state index is 13.1. The fourth-order valence-corrected chi connectivity index (χ4v) is 4.26. The fourth-order valence-electron chi connectivity index (χ4n) is 3.53. The van der Waals surface area contributed by atoms with Crippen LogP contribution < -0.4 is 5.32 Å². The molecule has 0 spiro atoms. The Morgan fingerprint density at radius 3 is 2.50 bits per heavy atom. The van der Waals surface area contributed by atoms with E-state index in [-0.39, 0.29) is 36.7 Å². The average Bonchev–Trinajstić information content (AvgIpc) is 3.18. The summed E-state index contributed by atoms with van der Waals surface area (Å²) in [7, 11) is 0. The summed E-state index contributed by atoms with van der Waals surface area (Å²) in [5.74, 6) is -0.456. The molecule has 1 saturated heterocycles. The summed E-state index contributed by atoms with van der Waals surface area (Å²) >= 11 is 1.25. The highest BCUT2D eigenvalue weighted by molar-refractivity contribution is 7.13. The Morgan fingerprint density at radius 2 is 1.88 bits per heavy atom. The quantitative estimate of drug-likeness (QED) is 0.685. The molecule has 1 aromatic heterocycles. The summed E-state index contributed by atoms with van der Waals surface area (Å²) in [4.78, 5) is 45.4. The van der Waals surface area contributed by atoms with E-state index in [1.807, 2.05) is 18.7 Å². The van der Waals surface area contributed by atoms with Gasteiger partial charge in [0.2, 0.25) is 11.8 Å². The molecule has 7 nitrogen and oxygen atoms in total. The molecule has 3 rings (SSSR count).